The molecule has 0 saturated heterocycles. The third kappa shape index (κ3) is 2.52. The minimum Gasteiger partial charge on any atom is -0.391 e. The lowest BCUT2D eigenvalue weighted by atomic mass is 9.62. The first-order chi connectivity index (χ1) is 9.87. The minimum absolute atomic E-state index is 0.364. The molecule has 0 radical (unpaired) electrons. The van der Waals surface area contributed by atoms with Crippen LogP contribution >= 0.6 is 0 Å². The van der Waals surface area contributed by atoms with Crippen molar-refractivity contribution in [1.29, 1.82) is 5.26 Å². The Morgan fingerprint density at radius 3 is 2.19 bits per heavy atom. The van der Waals surface area contributed by atoms with Crippen molar-refractivity contribution < 1.29 is 5.11 Å². The zero-order chi connectivity index (χ0) is 15.3. The van der Waals surface area contributed by atoms with E-state index in [1.54, 1.807) is 0 Å². The van der Waals surface area contributed by atoms with Gasteiger partial charge in [-0.1, -0.05) is 27.2 Å². The molecule has 0 spiro atoms. The quantitative estimate of drug-likeness (QED) is 0.811. The SMILES string of the molecule is CC(C)(C)C1CCC(C(O)C2(C#N)CC3CCC2C3)CC1. The lowest BCUT2D eigenvalue weighted by molar-refractivity contribution is -0.0385. The van der Waals surface area contributed by atoms with Crippen LogP contribution in [0.1, 0.15) is 72.1 Å². The smallest absolute Gasteiger partial charge is 0.0865 e. The maximum Gasteiger partial charge on any atom is 0.0865 e. The molecule has 1 N–H and O–H groups in total. The number of aliphatic hydroxyl groups excluding tert-OH is 1. The third-order valence-corrected chi connectivity index (χ3v) is 7.08. The molecular formula is C19H31NO. The van der Waals surface area contributed by atoms with Crippen molar-refractivity contribution in [3.05, 3.63) is 0 Å². The third-order valence-electron chi connectivity index (χ3n) is 7.08. The molecule has 0 aliphatic heterocycles. The molecule has 0 heterocycles. The molecular weight excluding hydrogens is 258 g/mol. The Morgan fingerprint density at radius 1 is 1.10 bits per heavy atom. The first kappa shape index (κ1) is 15.3. The molecule has 3 aliphatic rings. The Hall–Kier alpha value is -0.550. The summed E-state index contributed by atoms with van der Waals surface area (Å²) in [5, 5.41) is 20.8. The zero-order valence-corrected chi connectivity index (χ0v) is 13.9. The van der Waals surface area contributed by atoms with E-state index in [1.165, 1.54) is 32.1 Å². The van der Waals surface area contributed by atoms with Crippen LogP contribution in [0.25, 0.3) is 0 Å². The van der Waals surface area contributed by atoms with Crippen molar-refractivity contribution in [2.45, 2.75) is 78.2 Å². The van der Waals surface area contributed by atoms with E-state index in [-0.39, 0.29) is 6.10 Å². The molecule has 2 heteroatoms. The number of nitriles is 1. The van der Waals surface area contributed by atoms with Gasteiger partial charge in [0.05, 0.1) is 17.6 Å². The minimum atomic E-state index is -0.401. The standard InChI is InChI=1S/C19H31NO/c1-18(2,3)15-8-5-14(6-9-15)17(21)19(12-20)11-13-4-7-16(19)10-13/h13-17,21H,4-11H2,1-3H3. The van der Waals surface area contributed by atoms with Gasteiger partial charge in [-0.3, -0.25) is 0 Å². The molecule has 4 unspecified atom stereocenters. The van der Waals surface area contributed by atoms with E-state index in [0.29, 0.717) is 17.3 Å². The van der Waals surface area contributed by atoms with Crippen molar-refractivity contribution in [3.63, 3.8) is 0 Å². The van der Waals surface area contributed by atoms with E-state index in [2.05, 4.69) is 26.8 Å². The van der Waals surface area contributed by atoms with Gasteiger partial charge in [-0.25, -0.2) is 0 Å². The van der Waals surface area contributed by atoms with Crippen LogP contribution in [-0.4, -0.2) is 11.2 Å². The summed E-state index contributed by atoms with van der Waals surface area (Å²) < 4.78 is 0. The summed E-state index contributed by atoms with van der Waals surface area (Å²) in [6.45, 7) is 7.00. The summed E-state index contributed by atoms with van der Waals surface area (Å²) in [7, 11) is 0. The van der Waals surface area contributed by atoms with E-state index in [1.807, 2.05) is 0 Å². The highest BCUT2D eigenvalue weighted by Crippen LogP contribution is 2.59. The highest BCUT2D eigenvalue weighted by atomic mass is 16.3. The number of rotatable bonds is 2. The maximum absolute atomic E-state index is 11.0. The largest absolute Gasteiger partial charge is 0.391 e. The van der Waals surface area contributed by atoms with Crippen molar-refractivity contribution >= 4 is 0 Å². The Labute approximate surface area is 129 Å². The molecule has 4 atom stereocenters. The maximum atomic E-state index is 11.0. The second-order valence-corrected chi connectivity index (χ2v) is 9.15. The lowest BCUT2D eigenvalue weighted by Crippen LogP contribution is -2.44. The van der Waals surface area contributed by atoms with Crippen LogP contribution in [-0.2, 0) is 0 Å². The van der Waals surface area contributed by atoms with Gasteiger partial charge >= 0.3 is 0 Å². The molecule has 0 amide bonds. The van der Waals surface area contributed by atoms with E-state index in [9.17, 15) is 10.4 Å². The molecule has 118 valence electrons. The Kier molecular flexibility index (Phi) is 3.85. The van der Waals surface area contributed by atoms with Crippen LogP contribution in [0.15, 0.2) is 0 Å². The summed E-state index contributed by atoms with van der Waals surface area (Å²) in [5.74, 6) is 2.33. The number of hydrogen-bond acceptors (Lipinski definition) is 2. The molecule has 3 aliphatic carbocycles. The Balaban J connectivity index is 1.67. The molecule has 3 saturated carbocycles. The van der Waals surface area contributed by atoms with Gasteiger partial charge in [0.25, 0.3) is 0 Å². The van der Waals surface area contributed by atoms with E-state index >= 15 is 0 Å². The van der Waals surface area contributed by atoms with Crippen LogP contribution < -0.4 is 0 Å². The normalized spacial score (nSPS) is 44.5. The predicted octanol–water partition coefficient (Wildman–Crippen LogP) is 4.53. The van der Waals surface area contributed by atoms with Crippen molar-refractivity contribution in [3.8, 4) is 6.07 Å². The predicted molar refractivity (Wildman–Crippen MR) is 84.4 cm³/mol. The van der Waals surface area contributed by atoms with Gasteiger partial charge < -0.3 is 5.11 Å². The van der Waals surface area contributed by atoms with Gasteiger partial charge in [0.1, 0.15) is 0 Å². The summed E-state index contributed by atoms with van der Waals surface area (Å²) >= 11 is 0. The monoisotopic (exact) mass is 289 g/mol. The molecule has 21 heavy (non-hydrogen) atoms. The Bertz CT molecular complexity index is 424. The van der Waals surface area contributed by atoms with Gasteiger partial charge in [-0.2, -0.15) is 5.26 Å². The van der Waals surface area contributed by atoms with Gasteiger partial charge in [0, 0.05) is 0 Å². The molecule has 0 aromatic carbocycles. The first-order valence-electron chi connectivity index (χ1n) is 8.96. The van der Waals surface area contributed by atoms with Crippen LogP contribution in [0.5, 0.6) is 0 Å². The van der Waals surface area contributed by atoms with E-state index in [4.69, 9.17) is 0 Å². The van der Waals surface area contributed by atoms with Gasteiger partial charge in [-0.15, -0.1) is 0 Å². The number of aliphatic hydroxyl groups is 1. The second kappa shape index (κ2) is 5.27. The summed E-state index contributed by atoms with van der Waals surface area (Å²) in [6.07, 6.45) is 8.93. The number of nitrogens with zero attached hydrogens (tertiary/aromatic N) is 1. The summed E-state index contributed by atoms with van der Waals surface area (Å²) in [4.78, 5) is 0. The van der Waals surface area contributed by atoms with Crippen LogP contribution in [0.3, 0.4) is 0 Å². The fourth-order valence-electron chi connectivity index (χ4n) is 5.66. The van der Waals surface area contributed by atoms with Gasteiger partial charge in [-0.05, 0) is 74.0 Å². The van der Waals surface area contributed by atoms with E-state index in [0.717, 1.165) is 31.1 Å². The number of fused-ring (bicyclic) bond motifs is 2. The highest BCUT2D eigenvalue weighted by molar-refractivity contribution is 5.16. The van der Waals surface area contributed by atoms with Gasteiger partial charge in [0.2, 0.25) is 0 Å². The van der Waals surface area contributed by atoms with Crippen molar-refractivity contribution in [2.75, 3.05) is 0 Å². The average Bonchev–Trinajstić information content (AvgIpc) is 3.06. The van der Waals surface area contributed by atoms with Crippen LogP contribution in [0.2, 0.25) is 0 Å². The van der Waals surface area contributed by atoms with Crippen LogP contribution in [0, 0.1) is 45.8 Å². The fourth-order valence-corrected chi connectivity index (χ4v) is 5.66. The highest BCUT2D eigenvalue weighted by Gasteiger charge is 2.57. The average molecular weight is 289 g/mol. The van der Waals surface area contributed by atoms with E-state index < -0.39 is 5.41 Å². The second-order valence-electron chi connectivity index (χ2n) is 9.15. The van der Waals surface area contributed by atoms with Gasteiger partial charge in [0.15, 0.2) is 0 Å². The molecule has 2 nitrogen and oxygen atoms in total. The summed E-state index contributed by atoms with van der Waals surface area (Å²) in [6, 6.07) is 2.60. The summed E-state index contributed by atoms with van der Waals surface area (Å²) in [5.41, 5.74) is -0.0165. The fraction of sp³-hybridized carbons (Fsp3) is 0.947. The number of hydrogen-bond donors (Lipinski definition) is 1. The molecule has 3 rings (SSSR count). The first-order valence-corrected chi connectivity index (χ1v) is 8.96. The Morgan fingerprint density at radius 2 is 1.76 bits per heavy atom. The van der Waals surface area contributed by atoms with Crippen molar-refractivity contribution in [1.82, 2.24) is 0 Å². The lowest BCUT2D eigenvalue weighted by Gasteiger charge is -2.43. The molecule has 0 aromatic rings. The molecule has 0 aromatic heterocycles. The molecule has 2 bridgehead atoms. The van der Waals surface area contributed by atoms with Crippen LogP contribution in [0.4, 0.5) is 0 Å². The zero-order valence-electron chi connectivity index (χ0n) is 13.9. The topological polar surface area (TPSA) is 44.0 Å². The van der Waals surface area contributed by atoms with Crippen molar-refractivity contribution in [2.24, 2.45) is 34.5 Å². The molecule has 3 fully saturated rings.